The van der Waals surface area contributed by atoms with Gasteiger partial charge in [-0.15, -0.1) is 0 Å². The normalized spacial score (nSPS) is 17.5. The number of rotatable bonds is 6. The van der Waals surface area contributed by atoms with Crippen LogP contribution < -0.4 is 9.80 Å². The highest BCUT2D eigenvalue weighted by Crippen LogP contribution is 2.37. The SMILES string of the molecule is CCN(CC)c1cccc2nc3n(c12)CC(OS(C)=O)CCN3c1ccc(C)cc1C. The summed E-state index contributed by atoms with van der Waals surface area (Å²) in [5.74, 6) is 0.926. The molecule has 0 amide bonds. The molecule has 31 heavy (non-hydrogen) atoms. The van der Waals surface area contributed by atoms with Crippen molar-refractivity contribution in [3.05, 3.63) is 47.5 Å². The zero-order chi connectivity index (χ0) is 22.1. The van der Waals surface area contributed by atoms with Crippen LogP contribution in [0.2, 0.25) is 0 Å². The second-order valence-corrected chi connectivity index (χ2v) is 9.18. The molecular weight excluding hydrogens is 408 g/mol. The maximum absolute atomic E-state index is 11.9. The molecular formula is C24H32N4O2S. The average molecular weight is 441 g/mol. The Bertz CT molecular complexity index is 1110. The summed E-state index contributed by atoms with van der Waals surface area (Å²) in [5.41, 5.74) is 6.91. The monoisotopic (exact) mass is 440 g/mol. The van der Waals surface area contributed by atoms with Crippen LogP contribution in [0.1, 0.15) is 31.4 Å². The number of para-hydroxylation sites is 1. The van der Waals surface area contributed by atoms with Gasteiger partial charge in [-0.25, -0.2) is 9.19 Å². The summed E-state index contributed by atoms with van der Waals surface area (Å²) in [7, 11) is 0. The minimum atomic E-state index is -1.31. The maximum atomic E-state index is 11.9. The van der Waals surface area contributed by atoms with Crippen LogP contribution in [0.25, 0.3) is 11.0 Å². The van der Waals surface area contributed by atoms with Crippen LogP contribution >= 0.6 is 0 Å². The zero-order valence-electron chi connectivity index (χ0n) is 19.1. The summed E-state index contributed by atoms with van der Waals surface area (Å²) in [6, 6.07) is 12.9. The van der Waals surface area contributed by atoms with Crippen molar-refractivity contribution in [3.63, 3.8) is 0 Å². The molecule has 2 heterocycles. The van der Waals surface area contributed by atoms with Gasteiger partial charge >= 0.3 is 0 Å². The Hall–Kier alpha value is -2.38. The van der Waals surface area contributed by atoms with Gasteiger partial charge in [0.1, 0.15) is 0 Å². The van der Waals surface area contributed by atoms with E-state index in [0.29, 0.717) is 6.54 Å². The van der Waals surface area contributed by atoms with Crippen molar-refractivity contribution in [1.82, 2.24) is 9.55 Å². The smallest absolute Gasteiger partial charge is 0.211 e. The Labute approximate surface area is 187 Å². The minimum absolute atomic E-state index is 0.137. The van der Waals surface area contributed by atoms with Gasteiger partial charge in [0.2, 0.25) is 5.95 Å². The lowest BCUT2D eigenvalue weighted by molar-refractivity contribution is 0.202. The molecule has 7 heteroatoms. The molecule has 0 radical (unpaired) electrons. The highest BCUT2D eigenvalue weighted by molar-refractivity contribution is 7.79. The first-order valence-corrected chi connectivity index (χ1v) is 12.5. The summed E-state index contributed by atoms with van der Waals surface area (Å²) in [4.78, 5) is 9.74. The standard InChI is InChI=1S/C24H32N4O2S/c1-6-26(7-2)22-10-8-9-20-23(22)28-16-19(30-31(5)29)13-14-27(24(28)25-20)21-12-11-17(3)15-18(21)4/h8-12,15,19H,6-7,13-14,16H2,1-5H3. The molecule has 0 N–H and O–H groups in total. The van der Waals surface area contributed by atoms with Crippen LogP contribution in [0, 0.1) is 13.8 Å². The Balaban J connectivity index is 1.93. The second-order valence-electron chi connectivity index (χ2n) is 8.19. The van der Waals surface area contributed by atoms with Gasteiger partial charge in [-0.2, -0.15) is 0 Å². The third kappa shape index (κ3) is 4.21. The van der Waals surface area contributed by atoms with E-state index in [-0.39, 0.29) is 6.10 Å². The van der Waals surface area contributed by atoms with Crippen LogP contribution in [0.4, 0.5) is 17.3 Å². The van der Waals surface area contributed by atoms with E-state index < -0.39 is 11.1 Å². The first kappa shape index (κ1) is 21.8. The molecule has 2 aromatic carbocycles. The van der Waals surface area contributed by atoms with Crippen molar-refractivity contribution >= 4 is 39.4 Å². The molecule has 166 valence electrons. The van der Waals surface area contributed by atoms with Crippen LogP contribution in [0.3, 0.4) is 0 Å². The highest BCUT2D eigenvalue weighted by Gasteiger charge is 2.29. The Kier molecular flexibility index (Phi) is 6.34. The number of hydrogen-bond acceptors (Lipinski definition) is 5. The quantitative estimate of drug-likeness (QED) is 0.555. The van der Waals surface area contributed by atoms with Gasteiger partial charge in [-0.05, 0) is 57.9 Å². The average Bonchev–Trinajstić information content (AvgIpc) is 3.00. The van der Waals surface area contributed by atoms with Crippen LogP contribution in [-0.4, -0.2) is 45.8 Å². The molecule has 0 fully saturated rings. The zero-order valence-corrected chi connectivity index (χ0v) is 19.9. The molecule has 1 aromatic heterocycles. The van der Waals surface area contributed by atoms with Crippen molar-refractivity contribution in [1.29, 1.82) is 0 Å². The highest BCUT2D eigenvalue weighted by atomic mass is 32.2. The van der Waals surface area contributed by atoms with Gasteiger partial charge in [0.15, 0.2) is 11.1 Å². The van der Waals surface area contributed by atoms with Crippen molar-refractivity contribution in [2.75, 3.05) is 35.7 Å². The van der Waals surface area contributed by atoms with E-state index >= 15 is 0 Å². The number of anilines is 3. The van der Waals surface area contributed by atoms with Crippen molar-refractivity contribution < 1.29 is 8.39 Å². The molecule has 0 saturated heterocycles. The van der Waals surface area contributed by atoms with E-state index in [0.717, 1.165) is 48.7 Å². The lowest BCUT2D eigenvalue weighted by Crippen LogP contribution is -2.24. The van der Waals surface area contributed by atoms with Gasteiger partial charge in [0.05, 0.1) is 29.4 Å². The van der Waals surface area contributed by atoms with E-state index in [9.17, 15) is 4.21 Å². The topological polar surface area (TPSA) is 50.6 Å². The number of fused-ring (bicyclic) bond motifs is 3. The number of hydrogen-bond donors (Lipinski definition) is 0. The van der Waals surface area contributed by atoms with E-state index in [1.807, 2.05) is 0 Å². The molecule has 6 nitrogen and oxygen atoms in total. The van der Waals surface area contributed by atoms with Crippen LogP contribution in [0.5, 0.6) is 0 Å². The van der Waals surface area contributed by atoms with E-state index in [4.69, 9.17) is 9.17 Å². The lowest BCUT2D eigenvalue weighted by atomic mass is 10.1. The van der Waals surface area contributed by atoms with E-state index in [1.165, 1.54) is 16.8 Å². The molecule has 0 aliphatic carbocycles. The molecule has 0 spiro atoms. The summed E-state index contributed by atoms with van der Waals surface area (Å²) in [6.07, 6.45) is 2.24. The Morgan fingerprint density at radius 1 is 1.19 bits per heavy atom. The fraction of sp³-hybridized carbons (Fsp3) is 0.458. The fourth-order valence-electron chi connectivity index (χ4n) is 4.63. The number of imidazole rings is 1. The summed E-state index contributed by atoms with van der Waals surface area (Å²) in [6.45, 7) is 11.9. The molecule has 2 atom stereocenters. The molecule has 2 unspecified atom stereocenters. The van der Waals surface area contributed by atoms with E-state index in [1.54, 1.807) is 6.26 Å². The molecule has 1 aliphatic heterocycles. The summed E-state index contributed by atoms with van der Waals surface area (Å²) < 4.78 is 20.0. The number of nitrogens with zero attached hydrogens (tertiary/aromatic N) is 4. The van der Waals surface area contributed by atoms with Crippen molar-refractivity contribution in [2.24, 2.45) is 0 Å². The third-order valence-corrected chi connectivity index (χ3v) is 6.59. The molecule has 0 bridgehead atoms. The number of aromatic nitrogens is 2. The van der Waals surface area contributed by atoms with Crippen molar-refractivity contribution in [2.45, 2.75) is 46.8 Å². The van der Waals surface area contributed by atoms with Gasteiger partial charge < -0.3 is 14.4 Å². The van der Waals surface area contributed by atoms with Crippen LogP contribution in [0.15, 0.2) is 36.4 Å². The fourth-order valence-corrected chi connectivity index (χ4v) is 5.17. The first-order chi connectivity index (χ1) is 14.9. The van der Waals surface area contributed by atoms with Gasteiger partial charge in [-0.3, -0.25) is 4.18 Å². The number of benzene rings is 2. The second kappa shape index (κ2) is 9.01. The van der Waals surface area contributed by atoms with Gasteiger partial charge in [0.25, 0.3) is 0 Å². The molecule has 0 saturated carbocycles. The largest absolute Gasteiger partial charge is 0.370 e. The third-order valence-electron chi connectivity index (χ3n) is 6.05. The van der Waals surface area contributed by atoms with E-state index in [2.05, 4.69) is 78.5 Å². The molecule has 4 rings (SSSR count). The Morgan fingerprint density at radius 2 is 1.97 bits per heavy atom. The lowest BCUT2D eigenvalue weighted by Gasteiger charge is -2.25. The number of aryl methyl sites for hydroxylation is 2. The summed E-state index contributed by atoms with van der Waals surface area (Å²) in [5, 5.41) is 0. The van der Waals surface area contributed by atoms with Gasteiger partial charge in [-0.1, -0.05) is 23.8 Å². The minimum Gasteiger partial charge on any atom is -0.370 e. The van der Waals surface area contributed by atoms with Crippen molar-refractivity contribution in [3.8, 4) is 0 Å². The predicted octanol–water partition coefficient (Wildman–Crippen LogP) is 4.72. The maximum Gasteiger partial charge on any atom is 0.211 e. The van der Waals surface area contributed by atoms with Gasteiger partial charge in [0, 0.05) is 31.6 Å². The molecule has 3 aromatic rings. The molecule has 1 aliphatic rings. The summed E-state index contributed by atoms with van der Waals surface area (Å²) >= 11 is -1.31. The first-order valence-electron chi connectivity index (χ1n) is 11.0. The van der Waals surface area contributed by atoms with Crippen LogP contribution in [-0.2, 0) is 21.8 Å². The Morgan fingerprint density at radius 3 is 2.65 bits per heavy atom. The predicted molar refractivity (Wildman–Crippen MR) is 130 cm³/mol.